The third-order valence-electron chi connectivity index (χ3n) is 5.17. The minimum absolute atomic E-state index is 0.0572. The molecule has 1 aromatic carbocycles. The van der Waals surface area contributed by atoms with Crippen LogP contribution in [0.2, 0.25) is 0 Å². The van der Waals surface area contributed by atoms with Crippen molar-refractivity contribution in [1.82, 2.24) is 14.3 Å². The van der Waals surface area contributed by atoms with Crippen molar-refractivity contribution in [3.8, 4) is 11.5 Å². The first-order valence-electron chi connectivity index (χ1n) is 10.7. The first kappa shape index (κ1) is 24.8. The quantitative estimate of drug-likeness (QED) is 0.537. The molecule has 2 heterocycles. The summed E-state index contributed by atoms with van der Waals surface area (Å²) in [4.78, 5) is 32.6. The smallest absolute Gasteiger partial charge is 0.387 e. The highest BCUT2D eigenvalue weighted by Gasteiger charge is 2.33. The van der Waals surface area contributed by atoms with Crippen LogP contribution in [0.25, 0.3) is 0 Å². The highest BCUT2D eigenvalue weighted by molar-refractivity contribution is 7.09. The van der Waals surface area contributed by atoms with Crippen LogP contribution < -0.4 is 14.4 Å². The number of alkyl halides is 2. The molecule has 0 saturated carbocycles. The molecule has 0 aliphatic carbocycles. The fraction of sp³-hybridized carbons (Fsp3) is 0.545. The van der Waals surface area contributed by atoms with Crippen LogP contribution in [0.3, 0.4) is 0 Å². The van der Waals surface area contributed by atoms with E-state index in [9.17, 15) is 18.4 Å². The van der Waals surface area contributed by atoms with Gasteiger partial charge < -0.3 is 14.4 Å². The van der Waals surface area contributed by atoms with E-state index in [0.717, 1.165) is 17.1 Å². The van der Waals surface area contributed by atoms with Crippen LogP contribution in [0.15, 0.2) is 18.2 Å². The van der Waals surface area contributed by atoms with E-state index >= 15 is 0 Å². The zero-order valence-electron chi connectivity index (χ0n) is 19.2. The molecule has 3 rings (SSSR count). The average Bonchev–Trinajstić information content (AvgIpc) is 3.35. The van der Waals surface area contributed by atoms with Crippen LogP contribution in [0.1, 0.15) is 57.3 Å². The third kappa shape index (κ3) is 6.16. The Morgan fingerprint density at radius 1 is 1.24 bits per heavy atom. The maximum Gasteiger partial charge on any atom is 0.387 e. The third-order valence-corrected chi connectivity index (χ3v) is 5.97. The number of nitrogens with zero attached hydrogens (tertiary/aromatic N) is 4. The molecule has 0 unspecified atom stereocenters. The summed E-state index contributed by atoms with van der Waals surface area (Å²) in [5.41, 5.74) is 0.759. The lowest BCUT2D eigenvalue weighted by Gasteiger charge is -2.20. The summed E-state index contributed by atoms with van der Waals surface area (Å²) < 4.78 is 39.9. The molecule has 1 aliphatic heterocycles. The fourth-order valence-corrected chi connectivity index (χ4v) is 4.22. The Hall–Kier alpha value is -2.82. The first-order chi connectivity index (χ1) is 15.5. The lowest BCUT2D eigenvalue weighted by molar-refractivity contribution is -0.132. The molecule has 1 aromatic heterocycles. The van der Waals surface area contributed by atoms with Gasteiger partial charge in [-0.15, -0.1) is 0 Å². The summed E-state index contributed by atoms with van der Waals surface area (Å²) in [6, 6.07) is 4.70. The second-order valence-corrected chi connectivity index (χ2v) is 9.20. The van der Waals surface area contributed by atoms with Crippen molar-refractivity contribution < 1.29 is 27.8 Å². The van der Waals surface area contributed by atoms with E-state index in [4.69, 9.17) is 4.74 Å². The number of rotatable bonds is 9. The Labute approximate surface area is 195 Å². The van der Waals surface area contributed by atoms with E-state index in [-0.39, 0.29) is 54.2 Å². The number of benzene rings is 1. The van der Waals surface area contributed by atoms with Crippen LogP contribution >= 0.6 is 11.5 Å². The predicted octanol–water partition coefficient (Wildman–Crippen LogP) is 4.03. The number of hydrogen-bond acceptors (Lipinski definition) is 7. The molecule has 0 N–H and O–H groups in total. The van der Waals surface area contributed by atoms with Gasteiger partial charge in [-0.2, -0.15) is 13.2 Å². The average molecular weight is 483 g/mol. The number of amides is 2. The number of carbonyl (C=O) groups is 2. The van der Waals surface area contributed by atoms with Gasteiger partial charge in [0.15, 0.2) is 11.5 Å². The van der Waals surface area contributed by atoms with Crippen LogP contribution in [-0.4, -0.2) is 58.9 Å². The normalized spacial score (nSPS) is 16.2. The van der Waals surface area contributed by atoms with Crippen molar-refractivity contribution >= 4 is 28.5 Å². The topological polar surface area (TPSA) is 84.9 Å². The molecule has 1 fully saturated rings. The number of likely N-dealkylation sites (N-methyl/N-ethyl adjacent to an activating group) is 1. The number of carbonyl (C=O) groups excluding carboxylic acids is 2. The van der Waals surface area contributed by atoms with Crippen molar-refractivity contribution in [3.05, 3.63) is 29.6 Å². The monoisotopic (exact) mass is 482 g/mol. The van der Waals surface area contributed by atoms with E-state index in [1.165, 1.54) is 15.9 Å². The molecular formula is C22H28F2N4O4S. The zero-order chi connectivity index (χ0) is 24.3. The van der Waals surface area contributed by atoms with Gasteiger partial charge >= 0.3 is 6.61 Å². The van der Waals surface area contributed by atoms with E-state index in [1.807, 2.05) is 13.8 Å². The summed E-state index contributed by atoms with van der Waals surface area (Å²) in [7, 11) is 1.61. The first-order valence-corrected chi connectivity index (χ1v) is 11.5. The Bertz CT molecular complexity index is 999. The molecule has 11 heteroatoms. The van der Waals surface area contributed by atoms with Gasteiger partial charge in [0.2, 0.25) is 16.9 Å². The lowest BCUT2D eigenvalue weighted by atomic mass is 9.98. The van der Waals surface area contributed by atoms with Crippen molar-refractivity contribution in [2.75, 3.05) is 25.0 Å². The maximum absolute atomic E-state index is 12.8. The van der Waals surface area contributed by atoms with E-state index in [0.29, 0.717) is 17.5 Å². The number of anilines is 1. The van der Waals surface area contributed by atoms with Crippen LogP contribution in [-0.2, 0) is 9.59 Å². The number of hydrogen-bond donors (Lipinski definition) is 0. The molecule has 1 atom stereocenters. The number of halogens is 2. The SMILES string of the molecule is CC(C)Oc1cc([C@@H]2CC(=O)N(CC(=O)N(C)c3nc(C(C)C)ns3)C2)ccc1OC(F)F. The van der Waals surface area contributed by atoms with Gasteiger partial charge in [-0.3, -0.25) is 14.5 Å². The van der Waals surface area contributed by atoms with Gasteiger partial charge in [-0.1, -0.05) is 19.9 Å². The molecule has 2 aromatic rings. The molecule has 33 heavy (non-hydrogen) atoms. The van der Waals surface area contributed by atoms with E-state index in [1.54, 1.807) is 33.0 Å². The van der Waals surface area contributed by atoms with Gasteiger partial charge in [0.25, 0.3) is 0 Å². The van der Waals surface area contributed by atoms with Gasteiger partial charge in [-0.25, -0.2) is 4.98 Å². The highest BCUT2D eigenvalue weighted by atomic mass is 32.1. The summed E-state index contributed by atoms with van der Waals surface area (Å²) in [5, 5.41) is 0.483. The molecule has 2 amide bonds. The predicted molar refractivity (Wildman–Crippen MR) is 120 cm³/mol. The van der Waals surface area contributed by atoms with Crippen molar-refractivity contribution in [2.24, 2.45) is 0 Å². The second kappa shape index (κ2) is 10.4. The Balaban J connectivity index is 1.69. The Morgan fingerprint density at radius 2 is 1.97 bits per heavy atom. The zero-order valence-corrected chi connectivity index (χ0v) is 20.1. The molecule has 0 bridgehead atoms. The molecule has 1 aliphatic rings. The van der Waals surface area contributed by atoms with Gasteiger partial charge in [-0.05, 0) is 31.5 Å². The highest BCUT2D eigenvalue weighted by Crippen LogP contribution is 2.36. The maximum atomic E-state index is 12.8. The molecular weight excluding hydrogens is 454 g/mol. The lowest BCUT2D eigenvalue weighted by Crippen LogP contribution is -2.39. The Morgan fingerprint density at radius 3 is 2.58 bits per heavy atom. The number of aromatic nitrogens is 2. The molecule has 0 spiro atoms. The molecule has 1 saturated heterocycles. The summed E-state index contributed by atoms with van der Waals surface area (Å²) in [6.07, 6.45) is -0.0320. The molecule has 180 valence electrons. The van der Waals surface area contributed by atoms with Gasteiger partial charge in [0.1, 0.15) is 12.4 Å². The minimum atomic E-state index is -2.97. The second-order valence-electron chi connectivity index (χ2n) is 8.47. The molecule has 8 nitrogen and oxygen atoms in total. The van der Waals surface area contributed by atoms with Gasteiger partial charge in [0, 0.05) is 43.4 Å². The standard InChI is InChI=1S/C22H28F2N4O4S/c1-12(2)20-25-22(33-26-20)27(5)19(30)11-28-10-15(9-18(28)29)14-6-7-16(32-21(23)24)17(8-14)31-13(3)4/h6-8,12-13,15,21H,9-11H2,1-5H3/t15-/m1/s1. The van der Waals surface area contributed by atoms with E-state index < -0.39 is 6.61 Å². The van der Waals surface area contributed by atoms with Gasteiger partial charge in [0.05, 0.1) is 6.10 Å². The number of likely N-dealkylation sites (tertiary alicyclic amines) is 1. The fourth-order valence-electron chi connectivity index (χ4n) is 3.44. The van der Waals surface area contributed by atoms with Crippen molar-refractivity contribution in [3.63, 3.8) is 0 Å². The van der Waals surface area contributed by atoms with Crippen molar-refractivity contribution in [1.29, 1.82) is 0 Å². The largest absolute Gasteiger partial charge is 0.487 e. The minimum Gasteiger partial charge on any atom is -0.487 e. The number of ether oxygens (including phenoxy) is 2. The van der Waals surface area contributed by atoms with Crippen LogP contribution in [0, 0.1) is 0 Å². The van der Waals surface area contributed by atoms with Crippen molar-refractivity contribution in [2.45, 2.75) is 58.7 Å². The van der Waals surface area contributed by atoms with Crippen LogP contribution in [0.5, 0.6) is 11.5 Å². The summed E-state index contributed by atoms with van der Waals surface area (Å²) in [5.74, 6) is 0.355. The summed E-state index contributed by atoms with van der Waals surface area (Å²) in [6.45, 7) is 4.79. The summed E-state index contributed by atoms with van der Waals surface area (Å²) >= 11 is 1.14. The van der Waals surface area contributed by atoms with E-state index in [2.05, 4.69) is 14.1 Å². The Kier molecular flexibility index (Phi) is 7.83. The molecule has 0 radical (unpaired) electrons. The van der Waals surface area contributed by atoms with Crippen LogP contribution in [0.4, 0.5) is 13.9 Å².